The Bertz CT molecular complexity index is 309. The quantitative estimate of drug-likeness (QED) is 0.814. The van der Waals surface area contributed by atoms with E-state index >= 15 is 0 Å². The van der Waals surface area contributed by atoms with Gasteiger partial charge >= 0.3 is 0 Å². The highest BCUT2D eigenvalue weighted by Gasteiger charge is 2.19. The molecule has 0 aliphatic carbocycles. The molecule has 1 aromatic heterocycles. The van der Waals surface area contributed by atoms with Crippen molar-refractivity contribution in [1.29, 1.82) is 0 Å². The second-order valence-electron chi connectivity index (χ2n) is 3.79. The maximum absolute atomic E-state index is 5.75. The third-order valence-corrected chi connectivity index (χ3v) is 3.39. The highest BCUT2D eigenvalue weighted by Crippen LogP contribution is 2.22. The van der Waals surface area contributed by atoms with Gasteiger partial charge in [0.05, 0.1) is 0 Å². The minimum Gasteiger partial charge on any atom is -0.466 e. The van der Waals surface area contributed by atoms with Gasteiger partial charge in [-0.05, 0) is 19.9 Å². The van der Waals surface area contributed by atoms with E-state index in [9.17, 15) is 0 Å². The summed E-state index contributed by atoms with van der Waals surface area (Å²) in [5.41, 5.74) is 5.46. The lowest BCUT2D eigenvalue weighted by Gasteiger charge is -2.28. The van der Waals surface area contributed by atoms with Crippen LogP contribution in [0.4, 0.5) is 0 Å². The smallest absolute Gasteiger partial charge is 0.294 e. The van der Waals surface area contributed by atoms with E-state index in [-0.39, 0.29) is 0 Å². The molecule has 0 atom stereocenters. The summed E-state index contributed by atoms with van der Waals surface area (Å²) in [4.78, 5) is 2.31. The zero-order valence-corrected chi connectivity index (χ0v) is 9.66. The van der Waals surface area contributed by atoms with Crippen LogP contribution >= 0.6 is 11.3 Å². The van der Waals surface area contributed by atoms with Crippen LogP contribution in [0.1, 0.15) is 17.8 Å². The van der Waals surface area contributed by atoms with Crippen LogP contribution in [0.25, 0.3) is 0 Å². The predicted octanol–water partition coefficient (Wildman–Crippen LogP) is 0.470. The number of nitrogens with two attached hydrogens (primary N) is 1. The van der Waals surface area contributed by atoms with E-state index in [1.807, 2.05) is 0 Å². The van der Waals surface area contributed by atoms with Gasteiger partial charge in [-0.2, -0.15) is 0 Å². The van der Waals surface area contributed by atoms with Gasteiger partial charge in [-0.1, -0.05) is 16.4 Å². The minimum atomic E-state index is 0.291. The first-order valence-corrected chi connectivity index (χ1v) is 5.97. The lowest BCUT2D eigenvalue weighted by atomic mass is 10.1. The molecule has 2 heterocycles. The van der Waals surface area contributed by atoms with Crippen molar-refractivity contribution in [2.45, 2.75) is 25.5 Å². The maximum Gasteiger partial charge on any atom is 0.294 e. The van der Waals surface area contributed by atoms with Crippen LogP contribution in [0, 0.1) is 0 Å². The third-order valence-electron chi connectivity index (χ3n) is 2.56. The summed E-state index contributed by atoms with van der Waals surface area (Å²) in [6, 6.07) is 0. The molecule has 5 nitrogen and oxygen atoms in total. The Kier molecular flexibility index (Phi) is 3.50. The van der Waals surface area contributed by atoms with Gasteiger partial charge in [0.2, 0.25) is 0 Å². The van der Waals surface area contributed by atoms with Crippen LogP contribution < -0.4 is 10.5 Å². The average molecular weight is 228 g/mol. The van der Waals surface area contributed by atoms with Crippen LogP contribution in [0.5, 0.6) is 5.19 Å². The Hall–Kier alpha value is -0.720. The van der Waals surface area contributed by atoms with Gasteiger partial charge in [-0.3, -0.25) is 0 Å². The molecule has 1 saturated heterocycles. The lowest BCUT2D eigenvalue weighted by molar-refractivity contribution is 0.113. The first kappa shape index (κ1) is 10.8. The van der Waals surface area contributed by atoms with Crippen LogP contribution in [0.2, 0.25) is 0 Å². The van der Waals surface area contributed by atoms with Crippen molar-refractivity contribution in [3.05, 3.63) is 5.01 Å². The van der Waals surface area contributed by atoms with Gasteiger partial charge in [-0.25, -0.2) is 0 Å². The molecule has 0 amide bonds. The minimum absolute atomic E-state index is 0.291. The molecular formula is C9H16N4OS. The predicted molar refractivity (Wildman–Crippen MR) is 58.9 cm³/mol. The van der Waals surface area contributed by atoms with Crippen LogP contribution in [-0.4, -0.2) is 41.3 Å². The summed E-state index contributed by atoms with van der Waals surface area (Å²) >= 11 is 1.44. The number of rotatable bonds is 3. The lowest BCUT2D eigenvalue weighted by Crippen LogP contribution is -2.35. The first-order valence-electron chi connectivity index (χ1n) is 5.15. The summed E-state index contributed by atoms with van der Waals surface area (Å²) in [7, 11) is 2.13. The Balaban J connectivity index is 1.86. The third kappa shape index (κ3) is 2.87. The second-order valence-corrected chi connectivity index (χ2v) is 4.81. The maximum atomic E-state index is 5.75. The second kappa shape index (κ2) is 4.87. The van der Waals surface area contributed by atoms with Crippen molar-refractivity contribution < 1.29 is 4.74 Å². The molecule has 6 heteroatoms. The first-order chi connectivity index (χ1) is 7.28. The average Bonchev–Trinajstić information content (AvgIpc) is 2.69. The van der Waals surface area contributed by atoms with Gasteiger partial charge in [0, 0.05) is 19.6 Å². The van der Waals surface area contributed by atoms with Crippen LogP contribution in [0.15, 0.2) is 0 Å². The van der Waals surface area contributed by atoms with E-state index in [4.69, 9.17) is 10.5 Å². The Morgan fingerprint density at radius 1 is 1.47 bits per heavy atom. The van der Waals surface area contributed by atoms with Crippen molar-refractivity contribution in [2.24, 2.45) is 5.73 Å². The molecule has 1 aliphatic rings. The SMILES string of the molecule is CN1CCC(Oc2nnc(CN)s2)CC1. The molecule has 0 spiro atoms. The highest BCUT2D eigenvalue weighted by molar-refractivity contribution is 7.13. The molecule has 2 N–H and O–H groups in total. The zero-order valence-electron chi connectivity index (χ0n) is 8.85. The molecule has 1 aromatic rings. The van der Waals surface area contributed by atoms with E-state index in [2.05, 4.69) is 22.1 Å². The van der Waals surface area contributed by atoms with E-state index in [1.54, 1.807) is 0 Å². The summed E-state index contributed by atoms with van der Waals surface area (Å²) in [6.07, 6.45) is 2.42. The zero-order chi connectivity index (χ0) is 10.7. The fourth-order valence-corrected chi connectivity index (χ4v) is 2.25. The summed E-state index contributed by atoms with van der Waals surface area (Å²) in [6.45, 7) is 2.62. The molecule has 0 saturated carbocycles. The molecule has 0 radical (unpaired) electrons. The number of ether oxygens (including phenoxy) is 1. The fraction of sp³-hybridized carbons (Fsp3) is 0.778. The Labute approximate surface area is 93.2 Å². The van der Waals surface area contributed by atoms with Crippen molar-refractivity contribution >= 4 is 11.3 Å². The van der Waals surface area contributed by atoms with Crippen molar-refractivity contribution in [2.75, 3.05) is 20.1 Å². The topological polar surface area (TPSA) is 64.3 Å². The Morgan fingerprint density at radius 2 is 2.20 bits per heavy atom. The Morgan fingerprint density at radius 3 is 2.80 bits per heavy atom. The van der Waals surface area contributed by atoms with Crippen LogP contribution in [0.3, 0.4) is 0 Å². The summed E-state index contributed by atoms with van der Waals surface area (Å²) < 4.78 is 5.75. The van der Waals surface area contributed by atoms with E-state index in [0.717, 1.165) is 30.9 Å². The molecule has 15 heavy (non-hydrogen) atoms. The molecule has 0 bridgehead atoms. The van der Waals surface area contributed by atoms with E-state index in [0.29, 0.717) is 17.8 Å². The number of aromatic nitrogens is 2. The monoisotopic (exact) mass is 228 g/mol. The summed E-state index contributed by atoms with van der Waals surface area (Å²) in [5, 5.41) is 9.36. The normalized spacial score (nSPS) is 19.3. The molecular weight excluding hydrogens is 212 g/mol. The largest absolute Gasteiger partial charge is 0.466 e. The van der Waals surface area contributed by atoms with Crippen molar-refractivity contribution in [3.63, 3.8) is 0 Å². The number of likely N-dealkylation sites (tertiary alicyclic amines) is 1. The van der Waals surface area contributed by atoms with Gasteiger partial charge in [0.25, 0.3) is 5.19 Å². The van der Waals surface area contributed by atoms with Gasteiger partial charge in [-0.15, -0.1) is 5.10 Å². The number of hydrogen-bond acceptors (Lipinski definition) is 6. The summed E-state index contributed by atoms with van der Waals surface area (Å²) in [5.74, 6) is 0. The molecule has 0 unspecified atom stereocenters. The van der Waals surface area contributed by atoms with Gasteiger partial charge < -0.3 is 15.4 Å². The standard InChI is InChI=1S/C9H16N4OS/c1-13-4-2-7(3-5-13)14-9-12-11-8(6-10)15-9/h7H,2-6,10H2,1H3. The van der Waals surface area contributed by atoms with Gasteiger partial charge in [0.1, 0.15) is 11.1 Å². The molecule has 2 rings (SSSR count). The van der Waals surface area contributed by atoms with Crippen molar-refractivity contribution in [1.82, 2.24) is 15.1 Å². The van der Waals surface area contributed by atoms with E-state index < -0.39 is 0 Å². The van der Waals surface area contributed by atoms with Gasteiger partial charge in [0.15, 0.2) is 0 Å². The fourth-order valence-electron chi connectivity index (χ4n) is 1.61. The molecule has 1 fully saturated rings. The van der Waals surface area contributed by atoms with E-state index in [1.165, 1.54) is 11.3 Å². The van der Waals surface area contributed by atoms with Crippen LogP contribution in [-0.2, 0) is 6.54 Å². The number of piperidine rings is 1. The molecule has 84 valence electrons. The number of nitrogens with zero attached hydrogens (tertiary/aromatic N) is 3. The number of hydrogen-bond donors (Lipinski definition) is 1. The molecule has 0 aromatic carbocycles. The van der Waals surface area contributed by atoms with Crippen molar-refractivity contribution in [3.8, 4) is 5.19 Å². The highest BCUT2D eigenvalue weighted by atomic mass is 32.1. The molecule has 1 aliphatic heterocycles.